The molecule has 1 fully saturated rings. The molecule has 0 spiro atoms. The first-order valence-corrected chi connectivity index (χ1v) is 10.5. The molecule has 3 aromatic rings. The van der Waals surface area contributed by atoms with Gasteiger partial charge in [-0.2, -0.15) is 0 Å². The standard InChI is InChI=1S/C23H27N5O3/c1-17(2)14-31-22-12-21(25-16-26-22)27-8-10-28(11-9-27)23(29)15-30-20-5-3-4-18-6-7-24-13-19(18)20/h3-7,12-13,16-17H,8-11,14-15H2,1-2H3. The van der Waals surface area contributed by atoms with Crippen LogP contribution in [-0.4, -0.2) is 65.2 Å². The molecule has 0 unspecified atom stereocenters. The molecular weight excluding hydrogens is 394 g/mol. The van der Waals surface area contributed by atoms with Crippen molar-refractivity contribution in [1.82, 2.24) is 19.9 Å². The number of anilines is 1. The lowest BCUT2D eigenvalue weighted by molar-refractivity contribution is -0.133. The van der Waals surface area contributed by atoms with Crippen molar-refractivity contribution in [3.8, 4) is 11.6 Å². The summed E-state index contributed by atoms with van der Waals surface area (Å²) in [7, 11) is 0. The van der Waals surface area contributed by atoms with Gasteiger partial charge < -0.3 is 19.3 Å². The van der Waals surface area contributed by atoms with Crippen LogP contribution in [0.2, 0.25) is 0 Å². The van der Waals surface area contributed by atoms with Crippen LogP contribution in [0.25, 0.3) is 10.8 Å². The number of ether oxygens (including phenoxy) is 2. The molecule has 8 nitrogen and oxygen atoms in total. The topological polar surface area (TPSA) is 80.7 Å². The Hall–Kier alpha value is -3.42. The zero-order valence-electron chi connectivity index (χ0n) is 17.9. The minimum Gasteiger partial charge on any atom is -0.483 e. The van der Waals surface area contributed by atoms with Crippen LogP contribution in [-0.2, 0) is 4.79 Å². The maximum Gasteiger partial charge on any atom is 0.260 e. The average molecular weight is 422 g/mol. The lowest BCUT2D eigenvalue weighted by Gasteiger charge is -2.35. The van der Waals surface area contributed by atoms with E-state index in [1.165, 1.54) is 6.33 Å². The fraction of sp³-hybridized carbons (Fsp3) is 0.391. The Morgan fingerprint density at radius 2 is 1.94 bits per heavy atom. The van der Waals surface area contributed by atoms with Crippen molar-refractivity contribution >= 4 is 22.5 Å². The number of rotatable bonds is 7. The number of piperazine rings is 1. The molecule has 31 heavy (non-hydrogen) atoms. The van der Waals surface area contributed by atoms with Crippen LogP contribution in [0.1, 0.15) is 13.8 Å². The molecule has 8 heteroatoms. The molecule has 0 saturated carbocycles. The van der Waals surface area contributed by atoms with Gasteiger partial charge in [0.25, 0.3) is 5.91 Å². The second-order valence-corrected chi connectivity index (χ2v) is 7.93. The minimum atomic E-state index is -0.0239. The van der Waals surface area contributed by atoms with Gasteiger partial charge in [-0.05, 0) is 23.4 Å². The minimum absolute atomic E-state index is 0.00864. The van der Waals surface area contributed by atoms with E-state index >= 15 is 0 Å². The number of hydrogen-bond acceptors (Lipinski definition) is 7. The summed E-state index contributed by atoms with van der Waals surface area (Å²) in [6, 6.07) is 9.57. The van der Waals surface area contributed by atoms with Gasteiger partial charge in [0, 0.05) is 50.0 Å². The Morgan fingerprint density at radius 3 is 2.74 bits per heavy atom. The van der Waals surface area contributed by atoms with E-state index in [4.69, 9.17) is 9.47 Å². The number of benzene rings is 1. The second kappa shape index (κ2) is 9.59. The molecule has 1 saturated heterocycles. The molecule has 1 aliphatic rings. The van der Waals surface area contributed by atoms with Crippen LogP contribution >= 0.6 is 0 Å². The van der Waals surface area contributed by atoms with E-state index in [1.807, 2.05) is 35.2 Å². The quantitative estimate of drug-likeness (QED) is 0.580. The molecule has 0 atom stereocenters. The van der Waals surface area contributed by atoms with E-state index in [0.717, 1.165) is 16.6 Å². The third-order valence-corrected chi connectivity index (χ3v) is 5.14. The maximum absolute atomic E-state index is 12.7. The van der Waals surface area contributed by atoms with Gasteiger partial charge in [0.15, 0.2) is 6.61 Å². The summed E-state index contributed by atoms with van der Waals surface area (Å²) < 4.78 is 11.5. The second-order valence-electron chi connectivity index (χ2n) is 7.93. The zero-order valence-corrected chi connectivity index (χ0v) is 17.9. The SMILES string of the molecule is CC(C)COc1cc(N2CCN(C(=O)COc3cccc4ccncc34)CC2)ncn1. The van der Waals surface area contributed by atoms with Crippen molar-refractivity contribution in [3.63, 3.8) is 0 Å². The zero-order chi connectivity index (χ0) is 21.6. The van der Waals surface area contributed by atoms with E-state index in [-0.39, 0.29) is 12.5 Å². The van der Waals surface area contributed by atoms with E-state index in [2.05, 4.69) is 33.7 Å². The number of aromatic nitrogens is 3. The average Bonchev–Trinajstić information content (AvgIpc) is 2.81. The molecule has 3 heterocycles. The fourth-order valence-electron chi connectivity index (χ4n) is 3.46. The van der Waals surface area contributed by atoms with Crippen LogP contribution in [0.3, 0.4) is 0 Å². The van der Waals surface area contributed by atoms with Crippen LogP contribution in [0, 0.1) is 5.92 Å². The number of nitrogens with zero attached hydrogens (tertiary/aromatic N) is 5. The number of fused-ring (bicyclic) bond motifs is 1. The molecular formula is C23H27N5O3. The van der Waals surface area contributed by atoms with E-state index < -0.39 is 0 Å². The van der Waals surface area contributed by atoms with Crippen LogP contribution < -0.4 is 14.4 Å². The first-order chi connectivity index (χ1) is 15.1. The highest BCUT2D eigenvalue weighted by Gasteiger charge is 2.23. The summed E-state index contributed by atoms with van der Waals surface area (Å²) in [5.41, 5.74) is 0. The van der Waals surface area contributed by atoms with Crippen LogP contribution in [0.15, 0.2) is 49.1 Å². The van der Waals surface area contributed by atoms with Crippen molar-refractivity contribution in [1.29, 1.82) is 0 Å². The van der Waals surface area contributed by atoms with Gasteiger partial charge in [-0.15, -0.1) is 0 Å². The van der Waals surface area contributed by atoms with Crippen LogP contribution in [0.5, 0.6) is 11.6 Å². The van der Waals surface area contributed by atoms with Gasteiger partial charge in [-0.25, -0.2) is 9.97 Å². The van der Waals surface area contributed by atoms with Gasteiger partial charge in [-0.1, -0.05) is 26.0 Å². The summed E-state index contributed by atoms with van der Waals surface area (Å²) in [5, 5.41) is 1.94. The molecule has 2 aromatic heterocycles. The number of pyridine rings is 1. The van der Waals surface area contributed by atoms with Gasteiger partial charge in [0.2, 0.25) is 5.88 Å². The summed E-state index contributed by atoms with van der Waals surface area (Å²) >= 11 is 0. The highest BCUT2D eigenvalue weighted by Crippen LogP contribution is 2.24. The number of amides is 1. The maximum atomic E-state index is 12.7. The Balaban J connectivity index is 1.30. The first-order valence-electron chi connectivity index (χ1n) is 10.5. The molecule has 0 bridgehead atoms. The summed E-state index contributed by atoms with van der Waals surface area (Å²) in [4.78, 5) is 29.3. The van der Waals surface area contributed by atoms with Crippen molar-refractivity contribution in [2.75, 3.05) is 44.3 Å². The molecule has 1 amide bonds. The van der Waals surface area contributed by atoms with Gasteiger partial charge in [0.1, 0.15) is 17.9 Å². The smallest absolute Gasteiger partial charge is 0.260 e. The van der Waals surface area contributed by atoms with Gasteiger partial charge in [-0.3, -0.25) is 9.78 Å². The Labute approximate surface area is 181 Å². The van der Waals surface area contributed by atoms with Crippen molar-refractivity contribution in [2.45, 2.75) is 13.8 Å². The van der Waals surface area contributed by atoms with Gasteiger partial charge >= 0.3 is 0 Å². The van der Waals surface area contributed by atoms with E-state index in [1.54, 1.807) is 12.4 Å². The Morgan fingerprint density at radius 1 is 1.10 bits per heavy atom. The van der Waals surface area contributed by atoms with Crippen molar-refractivity contribution in [3.05, 3.63) is 49.1 Å². The normalized spacial score (nSPS) is 14.2. The lowest BCUT2D eigenvalue weighted by atomic mass is 10.1. The predicted molar refractivity (Wildman–Crippen MR) is 118 cm³/mol. The highest BCUT2D eigenvalue weighted by molar-refractivity contribution is 5.88. The monoisotopic (exact) mass is 421 g/mol. The van der Waals surface area contributed by atoms with E-state index in [0.29, 0.717) is 50.3 Å². The van der Waals surface area contributed by atoms with Crippen LogP contribution in [0.4, 0.5) is 5.82 Å². The summed E-state index contributed by atoms with van der Waals surface area (Å²) in [6.07, 6.45) is 5.03. The summed E-state index contributed by atoms with van der Waals surface area (Å²) in [5.74, 6) is 2.48. The Kier molecular flexibility index (Phi) is 6.45. The van der Waals surface area contributed by atoms with Crippen molar-refractivity contribution < 1.29 is 14.3 Å². The molecule has 1 aliphatic heterocycles. The third kappa shape index (κ3) is 5.20. The molecule has 0 aliphatic carbocycles. The molecule has 0 N–H and O–H groups in total. The van der Waals surface area contributed by atoms with E-state index in [9.17, 15) is 4.79 Å². The number of carbonyl (C=O) groups excluding carboxylic acids is 1. The third-order valence-electron chi connectivity index (χ3n) is 5.14. The highest BCUT2D eigenvalue weighted by atomic mass is 16.5. The summed E-state index contributed by atoms with van der Waals surface area (Å²) in [6.45, 7) is 7.45. The number of carbonyl (C=O) groups is 1. The molecule has 4 rings (SSSR count). The number of hydrogen-bond donors (Lipinski definition) is 0. The first kappa shape index (κ1) is 20.8. The molecule has 1 aromatic carbocycles. The van der Waals surface area contributed by atoms with Crippen molar-refractivity contribution in [2.24, 2.45) is 5.92 Å². The predicted octanol–water partition coefficient (Wildman–Crippen LogP) is 2.79. The Bertz CT molecular complexity index is 1030. The molecule has 0 radical (unpaired) electrons. The fourth-order valence-corrected chi connectivity index (χ4v) is 3.46. The van der Waals surface area contributed by atoms with Gasteiger partial charge in [0.05, 0.1) is 6.61 Å². The lowest BCUT2D eigenvalue weighted by Crippen LogP contribution is -2.50. The largest absolute Gasteiger partial charge is 0.483 e. The molecule has 162 valence electrons.